The Kier molecular flexibility index (Phi) is 4.38. The highest BCUT2D eigenvalue weighted by molar-refractivity contribution is 14.1. The lowest BCUT2D eigenvalue weighted by Crippen LogP contribution is -1.94. The summed E-state index contributed by atoms with van der Waals surface area (Å²) in [5.41, 5.74) is -0.0271. The molecule has 2 aromatic carbocycles. The molecule has 4 nitrogen and oxygen atoms in total. The van der Waals surface area contributed by atoms with E-state index >= 15 is 0 Å². The second-order valence-electron chi connectivity index (χ2n) is 3.43. The van der Waals surface area contributed by atoms with Gasteiger partial charge in [-0.1, -0.05) is 6.07 Å². The zero-order chi connectivity index (χ0) is 13.1. The number of nitro groups is 1. The summed E-state index contributed by atoms with van der Waals surface area (Å²) >= 11 is 4.19. The van der Waals surface area contributed by atoms with Gasteiger partial charge in [-0.2, -0.15) is 0 Å². The lowest BCUT2D eigenvalue weighted by atomic mass is 10.3. The van der Waals surface area contributed by atoms with Gasteiger partial charge in [0.15, 0.2) is 0 Å². The van der Waals surface area contributed by atoms with E-state index in [0.717, 1.165) is 7.14 Å². The van der Waals surface area contributed by atoms with Crippen LogP contribution in [0.25, 0.3) is 0 Å². The van der Waals surface area contributed by atoms with E-state index in [1.807, 2.05) is 40.8 Å². The van der Waals surface area contributed by atoms with E-state index in [2.05, 4.69) is 22.6 Å². The van der Waals surface area contributed by atoms with Crippen LogP contribution in [0.2, 0.25) is 0 Å². The van der Waals surface area contributed by atoms with Gasteiger partial charge in [0.05, 0.1) is 4.92 Å². The first-order valence-corrected chi connectivity index (χ1v) is 7.09. The zero-order valence-corrected chi connectivity index (χ0v) is 13.3. The molecule has 0 bridgehead atoms. The molecule has 0 spiro atoms. The minimum Gasteiger partial charge on any atom is -0.450 e. The van der Waals surface area contributed by atoms with Crippen LogP contribution >= 0.6 is 45.2 Å². The summed E-state index contributed by atoms with van der Waals surface area (Å²) in [6.45, 7) is 0. The summed E-state index contributed by atoms with van der Waals surface area (Å²) in [4.78, 5) is 10.5. The molecule has 0 aliphatic carbocycles. The molecule has 0 atom stereocenters. The number of halogens is 2. The Balaban J connectivity index is 2.37. The quantitative estimate of drug-likeness (QED) is 0.377. The van der Waals surface area contributed by atoms with E-state index in [0.29, 0.717) is 5.75 Å². The first-order chi connectivity index (χ1) is 8.56. The molecule has 0 unspecified atom stereocenters. The van der Waals surface area contributed by atoms with E-state index in [1.165, 1.54) is 6.07 Å². The number of hydrogen-bond donors (Lipinski definition) is 0. The summed E-state index contributed by atoms with van der Waals surface area (Å²) in [7, 11) is 0. The van der Waals surface area contributed by atoms with Crippen LogP contribution in [0.3, 0.4) is 0 Å². The molecule has 0 aliphatic heterocycles. The molecule has 0 saturated heterocycles. The topological polar surface area (TPSA) is 52.4 Å². The molecule has 92 valence electrons. The third-order valence-corrected chi connectivity index (χ3v) is 3.48. The fourth-order valence-corrected chi connectivity index (χ4v) is 2.37. The maximum Gasteiger partial charge on any atom is 0.312 e. The Hall–Kier alpha value is -0.900. The van der Waals surface area contributed by atoms with Crippen molar-refractivity contribution in [2.45, 2.75) is 0 Å². The molecule has 6 heteroatoms. The van der Waals surface area contributed by atoms with Crippen molar-refractivity contribution < 1.29 is 9.66 Å². The second-order valence-corrected chi connectivity index (χ2v) is 5.92. The van der Waals surface area contributed by atoms with Crippen molar-refractivity contribution in [1.29, 1.82) is 0 Å². The first-order valence-electron chi connectivity index (χ1n) is 4.93. The lowest BCUT2D eigenvalue weighted by molar-refractivity contribution is -0.385. The van der Waals surface area contributed by atoms with Crippen molar-refractivity contribution in [3.8, 4) is 11.5 Å². The van der Waals surface area contributed by atoms with Gasteiger partial charge in [0, 0.05) is 13.2 Å². The minimum absolute atomic E-state index is 0.0271. The molecule has 0 aromatic heterocycles. The van der Waals surface area contributed by atoms with Gasteiger partial charge in [-0.05, 0) is 75.5 Å². The molecule has 0 amide bonds. The summed E-state index contributed by atoms with van der Waals surface area (Å²) in [6.07, 6.45) is 0. The standard InChI is InChI=1S/C12H7I2NO3/c13-8-2-1-3-10(6-8)18-12-5-4-9(14)7-11(12)15(16)17/h1-7H. The molecule has 18 heavy (non-hydrogen) atoms. The SMILES string of the molecule is O=[N+]([O-])c1cc(I)ccc1Oc1cccc(I)c1. The van der Waals surface area contributed by atoms with Crippen molar-refractivity contribution >= 4 is 50.9 Å². The van der Waals surface area contributed by atoms with Crippen molar-refractivity contribution in [3.05, 3.63) is 59.7 Å². The summed E-state index contributed by atoms with van der Waals surface area (Å²) < 4.78 is 7.37. The summed E-state index contributed by atoms with van der Waals surface area (Å²) in [5, 5.41) is 11.0. The minimum atomic E-state index is -0.439. The van der Waals surface area contributed by atoms with Crippen LogP contribution in [0.15, 0.2) is 42.5 Å². The molecule has 0 saturated carbocycles. The maximum atomic E-state index is 11.0. The number of ether oxygens (including phenoxy) is 1. The van der Waals surface area contributed by atoms with Gasteiger partial charge in [-0.15, -0.1) is 0 Å². The van der Waals surface area contributed by atoms with Gasteiger partial charge in [0.2, 0.25) is 5.75 Å². The molecule has 0 aliphatic rings. The molecule has 0 fully saturated rings. The summed E-state index contributed by atoms with van der Waals surface area (Å²) in [6, 6.07) is 12.2. The number of hydrogen-bond acceptors (Lipinski definition) is 3. The number of rotatable bonds is 3. The van der Waals surface area contributed by atoms with Crippen LogP contribution in [0.4, 0.5) is 5.69 Å². The van der Waals surface area contributed by atoms with Crippen molar-refractivity contribution in [1.82, 2.24) is 0 Å². The Bertz CT molecular complexity index is 602. The van der Waals surface area contributed by atoms with Crippen LogP contribution in [0, 0.1) is 17.3 Å². The van der Waals surface area contributed by atoms with Gasteiger partial charge in [-0.25, -0.2) is 0 Å². The molecule has 0 N–H and O–H groups in total. The van der Waals surface area contributed by atoms with Gasteiger partial charge in [0.25, 0.3) is 0 Å². The predicted molar refractivity (Wildman–Crippen MR) is 85.0 cm³/mol. The average Bonchev–Trinajstić information content (AvgIpc) is 2.31. The van der Waals surface area contributed by atoms with Crippen LogP contribution in [0.5, 0.6) is 11.5 Å². The normalized spacial score (nSPS) is 10.1. The summed E-state index contributed by atoms with van der Waals surface area (Å²) in [5.74, 6) is 0.841. The monoisotopic (exact) mass is 467 g/mol. The zero-order valence-electron chi connectivity index (χ0n) is 8.97. The van der Waals surface area contributed by atoms with E-state index < -0.39 is 4.92 Å². The highest BCUT2D eigenvalue weighted by atomic mass is 127. The molecule has 2 aromatic rings. The number of benzene rings is 2. The van der Waals surface area contributed by atoms with E-state index in [-0.39, 0.29) is 11.4 Å². The lowest BCUT2D eigenvalue weighted by Gasteiger charge is -2.06. The van der Waals surface area contributed by atoms with Crippen LogP contribution in [-0.2, 0) is 0 Å². The van der Waals surface area contributed by atoms with Crippen molar-refractivity contribution in [2.75, 3.05) is 0 Å². The number of nitrogens with zero attached hydrogens (tertiary/aromatic N) is 1. The maximum absolute atomic E-state index is 11.0. The van der Waals surface area contributed by atoms with Crippen LogP contribution in [-0.4, -0.2) is 4.92 Å². The van der Waals surface area contributed by atoms with Crippen LogP contribution < -0.4 is 4.74 Å². The Morgan fingerprint density at radius 1 is 1.06 bits per heavy atom. The third-order valence-electron chi connectivity index (χ3n) is 2.14. The number of nitro benzene ring substituents is 1. The van der Waals surface area contributed by atoms with E-state index in [4.69, 9.17) is 4.74 Å². The van der Waals surface area contributed by atoms with Gasteiger partial charge < -0.3 is 4.74 Å². The van der Waals surface area contributed by atoms with Gasteiger partial charge in [0.1, 0.15) is 5.75 Å². The Morgan fingerprint density at radius 3 is 2.44 bits per heavy atom. The van der Waals surface area contributed by atoms with Gasteiger partial charge in [-0.3, -0.25) is 10.1 Å². The van der Waals surface area contributed by atoms with E-state index in [1.54, 1.807) is 18.2 Å². The molecule has 2 rings (SSSR count). The second kappa shape index (κ2) is 5.83. The Labute approximate surface area is 131 Å². The van der Waals surface area contributed by atoms with Crippen molar-refractivity contribution in [2.24, 2.45) is 0 Å². The van der Waals surface area contributed by atoms with Gasteiger partial charge >= 0.3 is 5.69 Å². The molecule has 0 radical (unpaired) electrons. The Morgan fingerprint density at radius 2 is 1.78 bits per heavy atom. The highest BCUT2D eigenvalue weighted by Gasteiger charge is 2.16. The predicted octanol–water partition coefficient (Wildman–Crippen LogP) is 4.60. The molecular weight excluding hydrogens is 460 g/mol. The molecular formula is C12H7I2NO3. The highest BCUT2D eigenvalue weighted by Crippen LogP contribution is 2.32. The smallest absolute Gasteiger partial charge is 0.312 e. The molecule has 0 heterocycles. The fraction of sp³-hybridized carbons (Fsp3) is 0. The van der Waals surface area contributed by atoms with Crippen LogP contribution in [0.1, 0.15) is 0 Å². The average molecular weight is 467 g/mol. The third kappa shape index (κ3) is 3.31. The largest absolute Gasteiger partial charge is 0.450 e. The van der Waals surface area contributed by atoms with Crippen molar-refractivity contribution in [3.63, 3.8) is 0 Å². The fourth-order valence-electron chi connectivity index (χ4n) is 1.38. The first kappa shape index (κ1) is 13.5. The van der Waals surface area contributed by atoms with E-state index in [9.17, 15) is 10.1 Å².